The second kappa shape index (κ2) is 9.48. The third kappa shape index (κ3) is 6.66. The predicted molar refractivity (Wildman–Crippen MR) is 80.1 cm³/mol. The first-order chi connectivity index (χ1) is 9.65. The molecule has 0 aliphatic heterocycles. The topological polar surface area (TPSA) is 32.3 Å². The van der Waals surface area contributed by atoms with E-state index < -0.39 is 0 Å². The van der Waals surface area contributed by atoms with E-state index >= 15 is 0 Å². The van der Waals surface area contributed by atoms with Gasteiger partial charge in [-0.05, 0) is 43.6 Å². The number of rotatable bonds is 9. The molecule has 112 valence electrons. The van der Waals surface area contributed by atoms with Gasteiger partial charge in [0.1, 0.15) is 5.82 Å². The molecule has 1 rings (SSSR count). The van der Waals surface area contributed by atoms with Gasteiger partial charge in [-0.2, -0.15) is 0 Å². The summed E-state index contributed by atoms with van der Waals surface area (Å²) < 4.78 is 12.7. The number of carbonyl (C=O) groups excluding carboxylic acids is 1. The van der Waals surface area contributed by atoms with E-state index in [9.17, 15) is 9.18 Å². The number of likely N-dealkylation sites (N-methyl/N-ethyl adjacent to an activating group) is 1. The summed E-state index contributed by atoms with van der Waals surface area (Å²) in [5, 5.41) is 2.91. The van der Waals surface area contributed by atoms with E-state index in [2.05, 4.69) is 24.1 Å². The molecule has 20 heavy (non-hydrogen) atoms. The number of hydrogen-bond acceptors (Lipinski definition) is 2. The second-order valence-corrected chi connectivity index (χ2v) is 4.95. The lowest BCUT2D eigenvalue weighted by atomic mass is 10.1. The summed E-state index contributed by atoms with van der Waals surface area (Å²) in [6.07, 6.45) is 2.99. The molecule has 0 unspecified atom stereocenters. The standard InChI is InChI=1S/C16H25FN2O/c1-3-5-12-19(4-2)13-16(20)18-11-10-14-6-8-15(17)9-7-14/h6-9H,3-5,10-13H2,1-2H3,(H,18,20). The minimum Gasteiger partial charge on any atom is -0.355 e. The number of nitrogens with zero attached hydrogens (tertiary/aromatic N) is 1. The van der Waals surface area contributed by atoms with Crippen molar-refractivity contribution in [2.45, 2.75) is 33.1 Å². The number of amides is 1. The summed E-state index contributed by atoms with van der Waals surface area (Å²) in [4.78, 5) is 14.0. The molecule has 0 bridgehead atoms. The number of benzene rings is 1. The lowest BCUT2D eigenvalue weighted by molar-refractivity contribution is -0.122. The van der Waals surface area contributed by atoms with Gasteiger partial charge < -0.3 is 5.32 Å². The van der Waals surface area contributed by atoms with Crippen LogP contribution in [0.5, 0.6) is 0 Å². The third-order valence-corrected chi connectivity index (χ3v) is 3.29. The Labute approximate surface area is 121 Å². The molecular weight excluding hydrogens is 255 g/mol. The van der Waals surface area contributed by atoms with Gasteiger partial charge in [0.2, 0.25) is 5.91 Å². The Morgan fingerprint density at radius 1 is 1.25 bits per heavy atom. The Kier molecular flexibility index (Phi) is 7.88. The molecule has 1 N–H and O–H groups in total. The van der Waals surface area contributed by atoms with Crippen LogP contribution in [0.15, 0.2) is 24.3 Å². The van der Waals surface area contributed by atoms with Crippen LogP contribution < -0.4 is 5.32 Å². The van der Waals surface area contributed by atoms with E-state index in [4.69, 9.17) is 0 Å². The maximum Gasteiger partial charge on any atom is 0.234 e. The van der Waals surface area contributed by atoms with Crippen LogP contribution in [0.3, 0.4) is 0 Å². The van der Waals surface area contributed by atoms with Gasteiger partial charge in [-0.3, -0.25) is 9.69 Å². The Bertz CT molecular complexity index is 392. The zero-order valence-electron chi connectivity index (χ0n) is 12.5. The van der Waals surface area contributed by atoms with Crippen LogP contribution in [0.4, 0.5) is 4.39 Å². The highest BCUT2D eigenvalue weighted by Gasteiger charge is 2.07. The van der Waals surface area contributed by atoms with Crippen LogP contribution in [-0.4, -0.2) is 37.0 Å². The van der Waals surface area contributed by atoms with Crippen molar-refractivity contribution in [1.29, 1.82) is 0 Å². The first kappa shape index (κ1) is 16.6. The molecule has 0 saturated heterocycles. The van der Waals surface area contributed by atoms with Gasteiger partial charge in [0.15, 0.2) is 0 Å². The quantitative estimate of drug-likeness (QED) is 0.754. The highest BCUT2D eigenvalue weighted by Crippen LogP contribution is 2.02. The Morgan fingerprint density at radius 3 is 2.55 bits per heavy atom. The molecule has 0 spiro atoms. The molecule has 3 nitrogen and oxygen atoms in total. The van der Waals surface area contributed by atoms with E-state index in [1.807, 2.05) is 0 Å². The summed E-state index contributed by atoms with van der Waals surface area (Å²) in [6, 6.07) is 6.39. The fourth-order valence-electron chi connectivity index (χ4n) is 1.99. The first-order valence-electron chi connectivity index (χ1n) is 7.39. The number of nitrogens with one attached hydrogen (secondary N) is 1. The molecule has 0 heterocycles. The van der Waals surface area contributed by atoms with Crippen LogP contribution in [0.2, 0.25) is 0 Å². The summed E-state index contributed by atoms with van der Waals surface area (Å²) in [5.41, 5.74) is 1.03. The maximum absolute atomic E-state index is 12.7. The zero-order chi connectivity index (χ0) is 14.8. The minimum absolute atomic E-state index is 0.0602. The average molecular weight is 280 g/mol. The van der Waals surface area contributed by atoms with Gasteiger partial charge >= 0.3 is 0 Å². The van der Waals surface area contributed by atoms with Crippen molar-refractivity contribution >= 4 is 5.91 Å². The first-order valence-corrected chi connectivity index (χ1v) is 7.39. The normalized spacial score (nSPS) is 10.8. The number of hydrogen-bond donors (Lipinski definition) is 1. The Morgan fingerprint density at radius 2 is 1.95 bits per heavy atom. The Hall–Kier alpha value is -1.42. The molecule has 0 fully saturated rings. The third-order valence-electron chi connectivity index (χ3n) is 3.29. The van der Waals surface area contributed by atoms with Crippen LogP contribution in [-0.2, 0) is 11.2 Å². The zero-order valence-corrected chi connectivity index (χ0v) is 12.5. The van der Waals surface area contributed by atoms with E-state index in [1.165, 1.54) is 12.1 Å². The highest BCUT2D eigenvalue weighted by atomic mass is 19.1. The lowest BCUT2D eigenvalue weighted by Gasteiger charge is -2.19. The van der Waals surface area contributed by atoms with Crippen molar-refractivity contribution in [2.75, 3.05) is 26.2 Å². The van der Waals surface area contributed by atoms with E-state index in [-0.39, 0.29) is 11.7 Å². The molecule has 1 aromatic rings. The maximum atomic E-state index is 12.7. The van der Waals surface area contributed by atoms with E-state index in [0.717, 1.165) is 37.9 Å². The molecule has 0 aliphatic rings. The smallest absolute Gasteiger partial charge is 0.234 e. The predicted octanol–water partition coefficient (Wildman–Crippen LogP) is 2.61. The van der Waals surface area contributed by atoms with Crippen molar-refractivity contribution < 1.29 is 9.18 Å². The van der Waals surface area contributed by atoms with Gasteiger partial charge in [-0.25, -0.2) is 4.39 Å². The fourth-order valence-corrected chi connectivity index (χ4v) is 1.99. The molecule has 0 saturated carbocycles. The molecule has 0 aromatic heterocycles. The molecule has 0 aliphatic carbocycles. The molecule has 1 aromatic carbocycles. The Balaban J connectivity index is 2.23. The number of unbranched alkanes of at least 4 members (excludes halogenated alkanes) is 1. The average Bonchev–Trinajstić information content (AvgIpc) is 2.45. The van der Waals surface area contributed by atoms with Gasteiger partial charge in [-0.1, -0.05) is 32.4 Å². The monoisotopic (exact) mass is 280 g/mol. The van der Waals surface area contributed by atoms with Crippen molar-refractivity contribution in [3.8, 4) is 0 Å². The van der Waals surface area contributed by atoms with Crippen molar-refractivity contribution in [3.63, 3.8) is 0 Å². The highest BCUT2D eigenvalue weighted by molar-refractivity contribution is 5.77. The van der Waals surface area contributed by atoms with E-state index in [0.29, 0.717) is 13.1 Å². The minimum atomic E-state index is -0.229. The van der Waals surface area contributed by atoms with Crippen LogP contribution in [0.25, 0.3) is 0 Å². The van der Waals surface area contributed by atoms with Gasteiger partial charge in [0.05, 0.1) is 6.54 Å². The molecule has 0 atom stereocenters. The van der Waals surface area contributed by atoms with E-state index in [1.54, 1.807) is 12.1 Å². The fraction of sp³-hybridized carbons (Fsp3) is 0.562. The number of carbonyl (C=O) groups is 1. The van der Waals surface area contributed by atoms with Crippen LogP contribution in [0.1, 0.15) is 32.3 Å². The molecule has 1 amide bonds. The summed E-state index contributed by atoms with van der Waals surface area (Å²) in [6.45, 7) is 7.14. The van der Waals surface area contributed by atoms with Crippen molar-refractivity contribution in [3.05, 3.63) is 35.6 Å². The molecular formula is C16H25FN2O. The summed E-state index contributed by atoms with van der Waals surface area (Å²) in [5.74, 6) is -0.169. The molecule has 0 radical (unpaired) electrons. The largest absolute Gasteiger partial charge is 0.355 e. The summed E-state index contributed by atoms with van der Waals surface area (Å²) in [7, 11) is 0. The van der Waals surface area contributed by atoms with Crippen molar-refractivity contribution in [1.82, 2.24) is 10.2 Å². The van der Waals surface area contributed by atoms with Gasteiger partial charge in [-0.15, -0.1) is 0 Å². The summed E-state index contributed by atoms with van der Waals surface area (Å²) >= 11 is 0. The second-order valence-electron chi connectivity index (χ2n) is 4.95. The number of halogens is 1. The van der Waals surface area contributed by atoms with Gasteiger partial charge in [0, 0.05) is 6.54 Å². The van der Waals surface area contributed by atoms with Crippen LogP contribution >= 0.6 is 0 Å². The van der Waals surface area contributed by atoms with Gasteiger partial charge in [0.25, 0.3) is 0 Å². The van der Waals surface area contributed by atoms with Crippen molar-refractivity contribution in [2.24, 2.45) is 0 Å². The lowest BCUT2D eigenvalue weighted by Crippen LogP contribution is -2.38. The molecule has 4 heteroatoms. The SMILES string of the molecule is CCCCN(CC)CC(=O)NCCc1ccc(F)cc1. The van der Waals surface area contributed by atoms with Crippen LogP contribution in [0, 0.1) is 5.82 Å².